The second-order valence-electron chi connectivity index (χ2n) is 3.66. The number of aliphatic hydroxyl groups is 2. The molecule has 1 aliphatic heterocycles. The van der Waals surface area contributed by atoms with Gasteiger partial charge in [0.2, 0.25) is 0 Å². The molecule has 0 aromatic carbocycles. The lowest BCUT2D eigenvalue weighted by molar-refractivity contribution is -0.0612. The monoisotopic (exact) mass is 216 g/mol. The quantitative estimate of drug-likeness (QED) is 0.556. The van der Waals surface area contributed by atoms with Crippen molar-refractivity contribution in [2.75, 3.05) is 20.3 Å². The van der Waals surface area contributed by atoms with Gasteiger partial charge in [0.15, 0.2) is 0 Å². The fourth-order valence-corrected chi connectivity index (χ4v) is 1.42. The molecule has 0 bridgehead atoms. The van der Waals surface area contributed by atoms with Crippen LogP contribution in [0.4, 0.5) is 0 Å². The predicted molar refractivity (Wildman–Crippen MR) is 53.7 cm³/mol. The van der Waals surface area contributed by atoms with Gasteiger partial charge in [0.1, 0.15) is 26.2 Å². The lowest BCUT2D eigenvalue weighted by Crippen LogP contribution is -2.38. The summed E-state index contributed by atoms with van der Waals surface area (Å²) in [4.78, 5) is 0. The van der Waals surface area contributed by atoms with Gasteiger partial charge in [-0.05, 0) is 6.92 Å². The molecule has 0 aliphatic carbocycles. The summed E-state index contributed by atoms with van der Waals surface area (Å²) in [6, 6.07) is -0.707. The van der Waals surface area contributed by atoms with E-state index in [9.17, 15) is 5.11 Å². The standard InChI is InChI=1S/C9H17BO5/c1-5(13-2)4-14-8-7(12)6(3-11)15-9(8)10/h5-9,11-12H,3-4H2,1-2H3/t5?,6-,7?,8+,9-/m1/s1. The van der Waals surface area contributed by atoms with Crippen molar-refractivity contribution in [3.8, 4) is 0 Å². The molecule has 0 amide bonds. The second-order valence-corrected chi connectivity index (χ2v) is 3.66. The van der Waals surface area contributed by atoms with Gasteiger partial charge in [0, 0.05) is 13.1 Å². The Balaban J connectivity index is 2.40. The Hall–Kier alpha value is -0.135. The van der Waals surface area contributed by atoms with Crippen molar-refractivity contribution in [3.63, 3.8) is 0 Å². The molecule has 0 aromatic heterocycles. The fourth-order valence-electron chi connectivity index (χ4n) is 1.42. The maximum atomic E-state index is 9.67. The number of ether oxygens (including phenoxy) is 3. The summed E-state index contributed by atoms with van der Waals surface area (Å²) in [7, 11) is 7.18. The van der Waals surface area contributed by atoms with E-state index in [1.165, 1.54) is 0 Å². The molecule has 2 N–H and O–H groups in total. The minimum atomic E-state index is -0.894. The highest BCUT2D eigenvalue weighted by Crippen LogP contribution is 2.22. The number of aliphatic hydroxyl groups excluding tert-OH is 2. The molecule has 1 rings (SSSR count). The van der Waals surface area contributed by atoms with Crippen LogP contribution in [0, 0.1) is 0 Å². The number of hydrogen-bond acceptors (Lipinski definition) is 5. The Labute approximate surface area is 90.7 Å². The number of rotatable bonds is 5. The zero-order chi connectivity index (χ0) is 11.4. The summed E-state index contributed by atoms with van der Waals surface area (Å²) < 4.78 is 15.5. The summed E-state index contributed by atoms with van der Waals surface area (Å²) >= 11 is 0. The normalized spacial score (nSPS) is 38.1. The van der Waals surface area contributed by atoms with Crippen molar-refractivity contribution in [1.82, 2.24) is 0 Å². The molecule has 0 spiro atoms. The van der Waals surface area contributed by atoms with Crippen LogP contribution in [-0.4, -0.2) is 68.8 Å². The third-order valence-electron chi connectivity index (χ3n) is 2.48. The molecule has 1 heterocycles. The summed E-state index contributed by atoms with van der Waals surface area (Å²) in [5.41, 5.74) is 0. The van der Waals surface area contributed by atoms with E-state index in [1.807, 2.05) is 6.92 Å². The summed E-state index contributed by atoms with van der Waals surface area (Å²) in [5, 5.41) is 18.5. The van der Waals surface area contributed by atoms with Gasteiger partial charge in [-0.2, -0.15) is 0 Å². The first-order valence-corrected chi connectivity index (χ1v) is 4.94. The summed E-state index contributed by atoms with van der Waals surface area (Å²) in [6.45, 7) is 1.90. The van der Waals surface area contributed by atoms with Crippen molar-refractivity contribution in [3.05, 3.63) is 0 Å². The molecule has 1 saturated heterocycles. The van der Waals surface area contributed by atoms with Crippen LogP contribution in [0.15, 0.2) is 0 Å². The maximum absolute atomic E-state index is 9.67. The molecular weight excluding hydrogens is 199 g/mol. The van der Waals surface area contributed by atoms with E-state index in [2.05, 4.69) is 0 Å². The fraction of sp³-hybridized carbons (Fsp3) is 1.00. The molecule has 5 nitrogen and oxygen atoms in total. The molecular formula is C9H17BO5. The Morgan fingerprint density at radius 3 is 2.67 bits per heavy atom. The third-order valence-corrected chi connectivity index (χ3v) is 2.48. The van der Waals surface area contributed by atoms with Crippen LogP contribution >= 0.6 is 0 Å². The zero-order valence-electron chi connectivity index (χ0n) is 9.00. The number of methoxy groups -OCH3 is 1. The van der Waals surface area contributed by atoms with Crippen molar-refractivity contribution >= 4 is 7.85 Å². The average Bonchev–Trinajstić information content (AvgIpc) is 2.51. The topological polar surface area (TPSA) is 68.2 Å². The SMILES string of the molecule is [B][C@@H]1O[C@H](CO)C(O)[C@@H]1OCC(C)OC. The molecule has 15 heavy (non-hydrogen) atoms. The molecule has 86 valence electrons. The Bertz CT molecular complexity index is 191. The highest BCUT2D eigenvalue weighted by molar-refractivity contribution is 6.11. The van der Waals surface area contributed by atoms with Gasteiger partial charge < -0.3 is 24.4 Å². The Kier molecular flexibility index (Phi) is 5.01. The minimum absolute atomic E-state index is 0.0717. The average molecular weight is 216 g/mol. The molecule has 1 aliphatic rings. The number of hydrogen-bond donors (Lipinski definition) is 2. The van der Waals surface area contributed by atoms with Gasteiger partial charge in [0.25, 0.3) is 0 Å². The van der Waals surface area contributed by atoms with Crippen molar-refractivity contribution in [1.29, 1.82) is 0 Å². The first-order valence-electron chi connectivity index (χ1n) is 4.94. The van der Waals surface area contributed by atoms with Crippen LogP contribution in [0.5, 0.6) is 0 Å². The molecule has 2 unspecified atom stereocenters. The van der Waals surface area contributed by atoms with Crippen LogP contribution in [-0.2, 0) is 14.2 Å². The molecule has 2 radical (unpaired) electrons. The van der Waals surface area contributed by atoms with E-state index in [0.717, 1.165) is 0 Å². The molecule has 5 atom stereocenters. The van der Waals surface area contributed by atoms with E-state index in [1.54, 1.807) is 7.11 Å². The summed E-state index contributed by atoms with van der Waals surface area (Å²) in [5.74, 6) is 0. The van der Waals surface area contributed by atoms with Crippen LogP contribution < -0.4 is 0 Å². The zero-order valence-corrected chi connectivity index (χ0v) is 9.00. The van der Waals surface area contributed by atoms with E-state index >= 15 is 0 Å². The van der Waals surface area contributed by atoms with E-state index in [4.69, 9.17) is 27.2 Å². The van der Waals surface area contributed by atoms with Crippen molar-refractivity contribution in [2.45, 2.75) is 37.3 Å². The van der Waals surface area contributed by atoms with Gasteiger partial charge >= 0.3 is 0 Å². The molecule has 1 fully saturated rings. The Morgan fingerprint density at radius 1 is 1.53 bits per heavy atom. The lowest BCUT2D eigenvalue weighted by atomic mass is 9.93. The largest absolute Gasteiger partial charge is 0.394 e. The molecule has 0 saturated carbocycles. The first-order chi connectivity index (χ1) is 7.10. The Morgan fingerprint density at radius 2 is 2.20 bits per heavy atom. The van der Waals surface area contributed by atoms with Crippen LogP contribution in [0.25, 0.3) is 0 Å². The predicted octanol–water partition coefficient (Wildman–Crippen LogP) is -1.35. The van der Waals surface area contributed by atoms with Crippen LogP contribution in [0.3, 0.4) is 0 Å². The minimum Gasteiger partial charge on any atom is -0.394 e. The highest BCUT2D eigenvalue weighted by Gasteiger charge is 2.41. The second kappa shape index (κ2) is 5.82. The summed E-state index contributed by atoms with van der Waals surface area (Å²) in [6.07, 6.45) is -2.24. The van der Waals surface area contributed by atoms with Gasteiger partial charge in [-0.3, -0.25) is 0 Å². The van der Waals surface area contributed by atoms with E-state index in [-0.39, 0.29) is 12.7 Å². The lowest BCUT2D eigenvalue weighted by Gasteiger charge is -2.20. The maximum Gasteiger partial charge on any atom is 0.112 e. The van der Waals surface area contributed by atoms with Gasteiger partial charge in [0.05, 0.1) is 19.3 Å². The van der Waals surface area contributed by atoms with Crippen molar-refractivity contribution < 1.29 is 24.4 Å². The van der Waals surface area contributed by atoms with Gasteiger partial charge in [-0.15, -0.1) is 0 Å². The first kappa shape index (κ1) is 12.9. The van der Waals surface area contributed by atoms with E-state index in [0.29, 0.717) is 6.61 Å². The molecule has 6 heteroatoms. The smallest absolute Gasteiger partial charge is 0.112 e. The van der Waals surface area contributed by atoms with E-state index < -0.39 is 24.3 Å². The molecule has 0 aromatic rings. The van der Waals surface area contributed by atoms with Gasteiger partial charge in [-0.1, -0.05) is 0 Å². The third kappa shape index (κ3) is 3.16. The van der Waals surface area contributed by atoms with Crippen LogP contribution in [0.1, 0.15) is 6.92 Å². The van der Waals surface area contributed by atoms with Crippen molar-refractivity contribution in [2.24, 2.45) is 0 Å². The highest BCUT2D eigenvalue weighted by atomic mass is 16.6. The van der Waals surface area contributed by atoms with Gasteiger partial charge in [-0.25, -0.2) is 0 Å². The van der Waals surface area contributed by atoms with Crippen LogP contribution in [0.2, 0.25) is 0 Å².